The van der Waals surface area contributed by atoms with Crippen molar-refractivity contribution in [3.8, 4) is 0 Å². The van der Waals surface area contributed by atoms with Crippen LogP contribution in [0.15, 0.2) is 59.8 Å². The highest BCUT2D eigenvalue weighted by molar-refractivity contribution is 6.01. The zero-order valence-corrected chi connectivity index (χ0v) is 16.3. The van der Waals surface area contributed by atoms with Crippen LogP contribution in [0.2, 0.25) is 0 Å². The van der Waals surface area contributed by atoms with Gasteiger partial charge in [-0.3, -0.25) is 9.59 Å². The van der Waals surface area contributed by atoms with Gasteiger partial charge in [-0.15, -0.1) is 0 Å². The summed E-state index contributed by atoms with van der Waals surface area (Å²) in [5, 5.41) is 4.95. The predicted molar refractivity (Wildman–Crippen MR) is 111 cm³/mol. The third kappa shape index (κ3) is 4.38. The van der Waals surface area contributed by atoms with Gasteiger partial charge in [-0.25, -0.2) is 9.82 Å². The van der Waals surface area contributed by atoms with Crippen LogP contribution in [0.4, 0.5) is 4.39 Å². The fraction of sp³-hybridized carbons (Fsp3) is 0.227. The summed E-state index contributed by atoms with van der Waals surface area (Å²) in [6, 6.07) is 12.9. The molecule has 0 saturated carbocycles. The van der Waals surface area contributed by atoms with Crippen molar-refractivity contribution in [1.29, 1.82) is 0 Å². The van der Waals surface area contributed by atoms with Crippen LogP contribution >= 0.6 is 0 Å². The van der Waals surface area contributed by atoms with Gasteiger partial charge in [0.25, 0.3) is 5.91 Å². The van der Waals surface area contributed by atoms with Crippen molar-refractivity contribution in [2.45, 2.75) is 6.54 Å². The summed E-state index contributed by atoms with van der Waals surface area (Å²) in [6.45, 7) is 2.54. The highest BCUT2D eigenvalue weighted by Gasteiger charge is 2.18. The molecular weight excluding hydrogens is 387 g/mol. The van der Waals surface area contributed by atoms with Crippen molar-refractivity contribution >= 4 is 28.9 Å². The molecule has 7 nitrogen and oxygen atoms in total. The van der Waals surface area contributed by atoms with E-state index in [4.69, 9.17) is 4.74 Å². The summed E-state index contributed by atoms with van der Waals surface area (Å²) in [6.07, 6.45) is 3.38. The first-order valence-corrected chi connectivity index (χ1v) is 9.64. The molecule has 2 amide bonds. The number of nitrogens with zero attached hydrogens (tertiary/aromatic N) is 3. The van der Waals surface area contributed by atoms with Gasteiger partial charge < -0.3 is 14.2 Å². The number of morpholine rings is 1. The van der Waals surface area contributed by atoms with Crippen LogP contribution in [0.1, 0.15) is 15.9 Å². The SMILES string of the molecule is O=C(N/N=C/c1cn(CC(=O)N2CCOCC2)c2ccccc12)c1ccc(F)cc1. The Morgan fingerprint density at radius 2 is 1.83 bits per heavy atom. The number of hydrogen-bond donors (Lipinski definition) is 1. The number of benzene rings is 2. The standard InChI is InChI=1S/C22H21FN4O3/c23-18-7-5-16(6-8-18)22(29)25-24-13-17-14-27(20-4-2-1-3-19(17)20)15-21(28)26-9-11-30-12-10-26/h1-8,13-14H,9-12,15H2,(H,25,29)/b24-13+. The van der Waals surface area contributed by atoms with E-state index in [0.29, 0.717) is 31.9 Å². The molecule has 0 aliphatic carbocycles. The van der Waals surface area contributed by atoms with Gasteiger partial charge in [0, 0.05) is 41.3 Å². The highest BCUT2D eigenvalue weighted by Crippen LogP contribution is 2.20. The normalized spacial score (nSPS) is 14.4. The minimum Gasteiger partial charge on any atom is -0.378 e. The van der Waals surface area contributed by atoms with E-state index in [1.54, 1.807) is 11.1 Å². The van der Waals surface area contributed by atoms with E-state index in [-0.39, 0.29) is 12.5 Å². The molecule has 1 fully saturated rings. The average molecular weight is 408 g/mol. The first kappa shape index (κ1) is 19.8. The van der Waals surface area contributed by atoms with Crippen LogP contribution in [0.3, 0.4) is 0 Å². The van der Waals surface area contributed by atoms with E-state index in [2.05, 4.69) is 10.5 Å². The number of fused-ring (bicyclic) bond motifs is 1. The quantitative estimate of drug-likeness (QED) is 0.520. The number of halogens is 1. The van der Waals surface area contributed by atoms with E-state index in [9.17, 15) is 14.0 Å². The number of rotatable bonds is 5. The molecule has 1 N–H and O–H groups in total. The molecule has 4 rings (SSSR count). The van der Waals surface area contributed by atoms with Gasteiger partial charge >= 0.3 is 0 Å². The number of amides is 2. The minimum absolute atomic E-state index is 0.0344. The summed E-state index contributed by atoms with van der Waals surface area (Å²) in [5.74, 6) is -0.806. The summed E-state index contributed by atoms with van der Waals surface area (Å²) < 4.78 is 20.2. The maximum Gasteiger partial charge on any atom is 0.271 e. The Morgan fingerprint density at radius 3 is 2.60 bits per heavy atom. The Hall–Kier alpha value is -3.52. The third-order valence-corrected chi connectivity index (χ3v) is 4.96. The molecular formula is C22H21FN4O3. The smallest absolute Gasteiger partial charge is 0.271 e. The third-order valence-electron chi connectivity index (χ3n) is 4.96. The van der Waals surface area contributed by atoms with Crippen LogP contribution in [0.25, 0.3) is 10.9 Å². The molecule has 154 valence electrons. The second-order valence-electron chi connectivity index (χ2n) is 6.93. The molecule has 8 heteroatoms. The molecule has 0 spiro atoms. The average Bonchev–Trinajstić information content (AvgIpc) is 3.12. The van der Waals surface area contributed by atoms with Crippen LogP contribution in [-0.2, 0) is 16.1 Å². The van der Waals surface area contributed by atoms with E-state index in [0.717, 1.165) is 16.5 Å². The maximum atomic E-state index is 13.0. The molecule has 0 unspecified atom stereocenters. The Labute approximate surface area is 172 Å². The number of hydrazone groups is 1. The van der Waals surface area contributed by atoms with Gasteiger partial charge in [0.1, 0.15) is 12.4 Å². The zero-order valence-electron chi connectivity index (χ0n) is 16.3. The molecule has 30 heavy (non-hydrogen) atoms. The van der Waals surface area contributed by atoms with Crippen molar-refractivity contribution in [2.75, 3.05) is 26.3 Å². The van der Waals surface area contributed by atoms with Crippen LogP contribution in [0.5, 0.6) is 0 Å². The monoisotopic (exact) mass is 408 g/mol. The second-order valence-corrected chi connectivity index (χ2v) is 6.93. The molecule has 0 atom stereocenters. The zero-order chi connectivity index (χ0) is 20.9. The lowest BCUT2D eigenvalue weighted by Crippen LogP contribution is -2.42. The molecule has 2 heterocycles. The Morgan fingerprint density at radius 1 is 1.10 bits per heavy atom. The van der Waals surface area contributed by atoms with Crippen molar-refractivity contribution < 1.29 is 18.7 Å². The van der Waals surface area contributed by atoms with Crippen LogP contribution in [0, 0.1) is 5.82 Å². The fourth-order valence-corrected chi connectivity index (χ4v) is 3.39. The minimum atomic E-state index is -0.433. The van der Waals surface area contributed by atoms with Crippen LogP contribution in [-0.4, -0.2) is 53.8 Å². The number of aromatic nitrogens is 1. The molecule has 1 aromatic heterocycles. The number of carbonyl (C=O) groups excluding carboxylic acids is 2. The Balaban J connectivity index is 1.50. The second kappa shape index (κ2) is 8.87. The van der Waals surface area contributed by atoms with Gasteiger partial charge in [0.2, 0.25) is 5.91 Å². The first-order chi connectivity index (χ1) is 14.6. The number of ether oxygens (including phenoxy) is 1. The first-order valence-electron chi connectivity index (χ1n) is 9.64. The van der Waals surface area contributed by atoms with E-state index in [1.807, 2.05) is 35.0 Å². The lowest BCUT2D eigenvalue weighted by Gasteiger charge is -2.27. The Kier molecular flexibility index (Phi) is 5.85. The topological polar surface area (TPSA) is 75.9 Å². The van der Waals surface area contributed by atoms with Gasteiger partial charge in [0.15, 0.2) is 0 Å². The number of nitrogens with one attached hydrogen (secondary N) is 1. The van der Waals surface area contributed by atoms with E-state index in [1.165, 1.54) is 24.3 Å². The molecule has 1 saturated heterocycles. The van der Waals surface area contributed by atoms with Crippen molar-refractivity contribution in [3.63, 3.8) is 0 Å². The molecule has 1 aliphatic rings. The predicted octanol–water partition coefficient (Wildman–Crippen LogP) is 2.40. The Bertz CT molecular complexity index is 1090. The maximum absolute atomic E-state index is 13.0. The number of carbonyl (C=O) groups is 2. The van der Waals surface area contributed by atoms with Gasteiger partial charge in [-0.05, 0) is 30.3 Å². The van der Waals surface area contributed by atoms with Crippen molar-refractivity contribution in [1.82, 2.24) is 14.9 Å². The van der Waals surface area contributed by atoms with Gasteiger partial charge in [0.05, 0.1) is 19.4 Å². The summed E-state index contributed by atoms with van der Waals surface area (Å²) in [4.78, 5) is 26.6. The molecule has 3 aromatic rings. The van der Waals surface area contributed by atoms with Crippen molar-refractivity contribution in [2.24, 2.45) is 5.10 Å². The van der Waals surface area contributed by atoms with E-state index < -0.39 is 11.7 Å². The summed E-state index contributed by atoms with van der Waals surface area (Å²) in [7, 11) is 0. The van der Waals surface area contributed by atoms with E-state index >= 15 is 0 Å². The lowest BCUT2D eigenvalue weighted by atomic mass is 10.2. The number of para-hydroxylation sites is 1. The van der Waals surface area contributed by atoms with Crippen molar-refractivity contribution in [3.05, 3.63) is 71.7 Å². The fourth-order valence-electron chi connectivity index (χ4n) is 3.39. The van der Waals surface area contributed by atoms with Gasteiger partial charge in [-0.2, -0.15) is 5.10 Å². The molecule has 2 aromatic carbocycles. The summed E-state index contributed by atoms with van der Waals surface area (Å²) >= 11 is 0. The number of hydrogen-bond acceptors (Lipinski definition) is 4. The van der Waals surface area contributed by atoms with Gasteiger partial charge in [-0.1, -0.05) is 18.2 Å². The molecule has 1 aliphatic heterocycles. The largest absolute Gasteiger partial charge is 0.378 e. The van der Waals surface area contributed by atoms with Crippen LogP contribution < -0.4 is 5.43 Å². The molecule has 0 bridgehead atoms. The summed E-state index contributed by atoms with van der Waals surface area (Å²) in [5.41, 5.74) is 4.44. The highest BCUT2D eigenvalue weighted by atomic mass is 19.1. The molecule has 0 radical (unpaired) electrons. The lowest BCUT2D eigenvalue weighted by molar-refractivity contribution is -0.135.